The predicted octanol–water partition coefficient (Wildman–Crippen LogP) is 8.01. The lowest BCUT2D eigenvalue weighted by molar-refractivity contribution is -0.437. The highest BCUT2D eigenvalue weighted by Crippen LogP contribution is 2.52. The number of carbonyl (C=O) groups is 1. The number of hydrogen-bond acceptors (Lipinski definition) is 5. The van der Waals surface area contributed by atoms with E-state index in [-0.39, 0.29) is 21.5 Å². The normalized spacial score (nSPS) is 21.7. The van der Waals surface area contributed by atoms with Gasteiger partial charge in [0, 0.05) is 41.9 Å². The fourth-order valence-corrected chi connectivity index (χ4v) is 8.38. The van der Waals surface area contributed by atoms with Crippen LogP contribution < -0.4 is 0 Å². The van der Waals surface area contributed by atoms with Crippen molar-refractivity contribution in [1.82, 2.24) is 0 Å². The third-order valence-corrected chi connectivity index (χ3v) is 11.4. The minimum absolute atomic E-state index is 0.0985. The van der Waals surface area contributed by atoms with E-state index in [2.05, 4.69) is 51.3 Å². The van der Waals surface area contributed by atoms with Gasteiger partial charge in [-0.25, -0.2) is 0 Å². The van der Waals surface area contributed by atoms with E-state index in [9.17, 15) is 30.7 Å². The van der Waals surface area contributed by atoms with E-state index < -0.39 is 31.1 Å². The molecule has 0 saturated carbocycles. The standard InChI is InChI=1S/C37H47NO7S2/c1-7-14-29-30-20-18-27(46(40,41)42)24-32(30)36(4,5)31(29)16-10-9-11-17-35-37(6,22-13-12-15-26(3)39)33-25-28(47(43,44)45)19-21-34(33)38(35)23-8-2/h9-11,16-21,24-25,29H,7-8,12-15,22-23H2,1-6H3,(H-,40,41,42,43,44,45)/p+1/b10-9+,17-11+,31-16+. The van der Waals surface area contributed by atoms with Crippen LogP contribution in [-0.4, -0.2) is 48.6 Å². The van der Waals surface area contributed by atoms with Crippen LogP contribution in [0.25, 0.3) is 0 Å². The fourth-order valence-electron chi connectivity index (χ4n) is 7.37. The maximum Gasteiger partial charge on any atom is 0.294 e. The molecule has 4 rings (SSSR count). The van der Waals surface area contributed by atoms with Crippen LogP contribution in [-0.2, 0) is 35.9 Å². The first-order valence-electron chi connectivity index (χ1n) is 16.4. The van der Waals surface area contributed by atoms with Crippen LogP contribution >= 0.6 is 0 Å². The molecule has 47 heavy (non-hydrogen) atoms. The fraction of sp³-hybridized carbons (Fsp3) is 0.459. The summed E-state index contributed by atoms with van der Waals surface area (Å²) in [6, 6.07) is 9.69. The minimum atomic E-state index is -4.39. The largest absolute Gasteiger partial charge is 0.300 e. The zero-order valence-corrected chi connectivity index (χ0v) is 29.9. The van der Waals surface area contributed by atoms with Gasteiger partial charge in [-0.3, -0.25) is 9.11 Å². The smallest absolute Gasteiger partial charge is 0.294 e. The molecule has 2 aromatic rings. The first-order chi connectivity index (χ1) is 22.0. The lowest BCUT2D eigenvalue weighted by atomic mass is 9.75. The molecule has 2 unspecified atom stereocenters. The third kappa shape index (κ3) is 7.61. The molecule has 1 aliphatic heterocycles. The summed E-state index contributed by atoms with van der Waals surface area (Å²) in [5.41, 5.74) is 4.96. The highest BCUT2D eigenvalue weighted by atomic mass is 32.2. The maximum atomic E-state index is 12.1. The zero-order chi connectivity index (χ0) is 34.8. The quantitative estimate of drug-likeness (QED) is 0.0894. The molecule has 8 nitrogen and oxygen atoms in total. The lowest BCUT2D eigenvalue weighted by Crippen LogP contribution is -2.31. The van der Waals surface area contributed by atoms with Gasteiger partial charge in [0.25, 0.3) is 20.2 Å². The molecular weight excluding hydrogens is 635 g/mol. The van der Waals surface area contributed by atoms with Gasteiger partial charge in [0.05, 0.1) is 15.2 Å². The van der Waals surface area contributed by atoms with Crippen molar-refractivity contribution in [3.8, 4) is 0 Å². The molecule has 2 N–H and O–H groups in total. The van der Waals surface area contributed by atoms with Crippen molar-refractivity contribution in [2.75, 3.05) is 6.54 Å². The summed E-state index contributed by atoms with van der Waals surface area (Å²) in [4.78, 5) is 11.4. The van der Waals surface area contributed by atoms with Crippen LogP contribution in [0.15, 0.2) is 82.1 Å². The summed E-state index contributed by atoms with van der Waals surface area (Å²) < 4.78 is 69.7. The van der Waals surface area contributed by atoms with Crippen molar-refractivity contribution in [2.45, 2.75) is 113 Å². The third-order valence-electron chi connectivity index (χ3n) is 9.71. The second-order valence-electron chi connectivity index (χ2n) is 13.5. The Bertz CT molecular complexity index is 1880. The molecule has 2 aliphatic rings. The highest BCUT2D eigenvalue weighted by molar-refractivity contribution is 7.86. The van der Waals surface area contributed by atoms with E-state index >= 15 is 0 Å². The average Bonchev–Trinajstić information content (AvgIpc) is 3.34. The Hall–Kier alpha value is -3.18. The number of rotatable bonds is 14. The van der Waals surface area contributed by atoms with Crippen LogP contribution in [0.4, 0.5) is 5.69 Å². The Labute approximate surface area is 280 Å². The minimum Gasteiger partial charge on any atom is -0.300 e. The molecule has 1 aliphatic carbocycles. The van der Waals surface area contributed by atoms with E-state index in [1.165, 1.54) is 17.7 Å². The Kier molecular flexibility index (Phi) is 11.0. The Morgan fingerprint density at radius 1 is 0.872 bits per heavy atom. The molecule has 0 radical (unpaired) electrons. The van der Waals surface area contributed by atoms with E-state index in [1.54, 1.807) is 25.1 Å². The van der Waals surface area contributed by atoms with Gasteiger partial charge in [-0.2, -0.15) is 21.4 Å². The SMILES string of the molecule is CCCC1\C(=C/C=C/C=C/C2=[N+](CCC)c3ccc(S(=O)(=O)O)cc3C2(C)CCCCC(C)=O)C(C)(C)c2cc(S(=O)(=O)O)ccc21. The van der Waals surface area contributed by atoms with Crippen molar-refractivity contribution in [2.24, 2.45) is 0 Å². The second kappa shape index (κ2) is 14.1. The number of ketones is 1. The van der Waals surface area contributed by atoms with Crippen LogP contribution in [0, 0.1) is 0 Å². The molecule has 0 saturated heterocycles. The first-order valence-corrected chi connectivity index (χ1v) is 19.3. The van der Waals surface area contributed by atoms with Crippen LogP contribution in [0.5, 0.6) is 0 Å². The Morgan fingerprint density at radius 2 is 1.51 bits per heavy atom. The summed E-state index contributed by atoms with van der Waals surface area (Å²) in [7, 11) is -8.71. The van der Waals surface area contributed by atoms with Gasteiger partial charge in [-0.15, -0.1) is 0 Å². The number of hydrogen-bond donors (Lipinski definition) is 2. The monoisotopic (exact) mass is 682 g/mol. The summed E-state index contributed by atoms with van der Waals surface area (Å²) in [5, 5.41) is 0. The van der Waals surface area contributed by atoms with Gasteiger partial charge in [0.2, 0.25) is 5.69 Å². The van der Waals surface area contributed by atoms with E-state index in [4.69, 9.17) is 0 Å². The van der Waals surface area contributed by atoms with Gasteiger partial charge in [-0.1, -0.05) is 76.5 Å². The van der Waals surface area contributed by atoms with Crippen molar-refractivity contribution in [3.05, 3.63) is 89.0 Å². The van der Waals surface area contributed by atoms with Gasteiger partial charge in [-0.05, 0) is 68.5 Å². The van der Waals surface area contributed by atoms with Crippen molar-refractivity contribution < 1.29 is 35.3 Å². The van der Waals surface area contributed by atoms with Crippen LogP contribution in [0.2, 0.25) is 0 Å². The summed E-state index contributed by atoms with van der Waals surface area (Å²) in [5.74, 6) is 0.267. The molecule has 0 amide bonds. The van der Waals surface area contributed by atoms with Crippen molar-refractivity contribution >= 4 is 37.4 Å². The second-order valence-corrected chi connectivity index (χ2v) is 16.3. The Balaban J connectivity index is 1.72. The number of nitrogens with zero attached hydrogens (tertiary/aromatic N) is 1. The molecule has 1 heterocycles. The van der Waals surface area contributed by atoms with E-state index in [0.29, 0.717) is 12.8 Å². The molecular formula is C37H48NO7S2+. The lowest BCUT2D eigenvalue weighted by Gasteiger charge is -2.24. The summed E-state index contributed by atoms with van der Waals surface area (Å²) >= 11 is 0. The average molecular weight is 683 g/mol. The highest BCUT2D eigenvalue weighted by Gasteiger charge is 2.47. The van der Waals surface area contributed by atoms with Gasteiger partial charge in [0.15, 0.2) is 5.71 Å². The number of carbonyl (C=O) groups excluding carboxylic acids is 1. The molecule has 0 aromatic heterocycles. The van der Waals surface area contributed by atoms with Crippen LogP contribution in [0.3, 0.4) is 0 Å². The predicted molar refractivity (Wildman–Crippen MR) is 186 cm³/mol. The van der Waals surface area contributed by atoms with Crippen molar-refractivity contribution in [3.63, 3.8) is 0 Å². The summed E-state index contributed by atoms with van der Waals surface area (Å²) in [6.07, 6.45) is 15.6. The molecule has 2 atom stereocenters. The number of Topliss-reactive ketones (excluding diaryl/α,β-unsaturated/α-hetero) is 1. The molecule has 0 spiro atoms. The zero-order valence-electron chi connectivity index (χ0n) is 28.3. The number of benzene rings is 2. The van der Waals surface area contributed by atoms with Gasteiger partial charge >= 0.3 is 0 Å². The molecule has 0 bridgehead atoms. The molecule has 2 aromatic carbocycles. The molecule has 254 valence electrons. The number of allylic oxidation sites excluding steroid dienone is 6. The maximum absolute atomic E-state index is 12.1. The number of fused-ring (bicyclic) bond motifs is 2. The Morgan fingerprint density at radius 3 is 2.11 bits per heavy atom. The van der Waals surface area contributed by atoms with E-state index in [1.807, 2.05) is 24.3 Å². The first kappa shape index (κ1) is 36.7. The van der Waals surface area contributed by atoms with Crippen molar-refractivity contribution in [1.29, 1.82) is 0 Å². The van der Waals surface area contributed by atoms with Crippen LogP contribution in [0.1, 0.15) is 109 Å². The van der Waals surface area contributed by atoms with E-state index in [0.717, 1.165) is 66.7 Å². The van der Waals surface area contributed by atoms with Gasteiger partial charge in [0.1, 0.15) is 12.3 Å². The number of unbranched alkanes of at least 4 members (excludes halogenated alkanes) is 1. The summed E-state index contributed by atoms with van der Waals surface area (Å²) in [6.45, 7) is 12.8. The van der Waals surface area contributed by atoms with Gasteiger partial charge < -0.3 is 4.79 Å². The topological polar surface area (TPSA) is 129 Å². The molecule has 10 heteroatoms. The molecule has 0 fully saturated rings.